The van der Waals surface area contributed by atoms with E-state index in [1.165, 1.54) is 11.6 Å². The third-order valence-electron chi connectivity index (χ3n) is 5.67. The average molecular weight is 444 g/mol. The molecule has 0 unspecified atom stereocenters. The van der Waals surface area contributed by atoms with Crippen LogP contribution in [0.4, 0.5) is 0 Å². The number of benzene rings is 2. The van der Waals surface area contributed by atoms with Gasteiger partial charge in [-0.3, -0.25) is 18.5 Å². The zero-order valence-corrected chi connectivity index (χ0v) is 19.3. The highest BCUT2D eigenvalue weighted by molar-refractivity contribution is 5.72. The molecule has 0 spiro atoms. The van der Waals surface area contributed by atoms with Crippen LogP contribution in [-0.4, -0.2) is 18.7 Å². The number of rotatable bonds is 4. The Kier molecular flexibility index (Phi) is 5.42. The van der Waals surface area contributed by atoms with Crippen LogP contribution in [0.2, 0.25) is 0 Å². The molecule has 0 N–H and O–H groups in total. The molecule has 2 aromatic carbocycles. The molecule has 0 amide bonds. The lowest BCUT2D eigenvalue weighted by Crippen LogP contribution is -2.37. The van der Waals surface area contributed by atoms with Crippen molar-refractivity contribution >= 4 is 11.2 Å². The first-order valence-electron chi connectivity index (χ1n) is 10.5. The Balaban J connectivity index is 1.85. The van der Waals surface area contributed by atoms with E-state index in [4.69, 9.17) is 10.00 Å². The molecule has 0 aliphatic rings. The van der Waals surface area contributed by atoms with E-state index in [1.807, 2.05) is 36.4 Å². The molecule has 4 aromatic rings. The van der Waals surface area contributed by atoms with E-state index < -0.39 is 11.2 Å². The fraction of sp³-hybridized carbons (Fsp3) is 0.280. The van der Waals surface area contributed by atoms with Crippen LogP contribution in [0.3, 0.4) is 0 Å². The van der Waals surface area contributed by atoms with Crippen molar-refractivity contribution in [1.29, 1.82) is 5.26 Å². The van der Waals surface area contributed by atoms with Gasteiger partial charge in [0.2, 0.25) is 0 Å². The SMILES string of the molecule is Cn1c(=O)c2c(nc(Oc3ccc(C(C)(C)C)cc3)n2Cc2ccc(C#N)cc2)n(C)c1=O. The number of aromatic nitrogens is 4. The standard InChI is InChI=1S/C25H25N5O3/c1-25(2,3)18-10-12-19(13-11-18)33-23-27-21-20(22(31)29(5)24(32)28(21)4)30(23)15-17-8-6-16(14-26)7-9-17/h6-13H,15H2,1-5H3. The molecule has 0 saturated carbocycles. The molecular formula is C25H25N5O3. The molecule has 0 aliphatic heterocycles. The number of nitriles is 1. The van der Waals surface area contributed by atoms with Crippen molar-refractivity contribution < 1.29 is 4.74 Å². The van der Waals surface area contributed by atoms with E-state index >= 15 is 0 Å². The minimum Gasteiger partial charge on any atom is -0.425 e. The molecule has 0 radical (unpaired) electrons. The summed E-state index contributed by atoms with van der Waals surface area (Å²) < 4.78 is 10.2. The summed E-state index contributed by atoms with van der Waals surface area (Å²) >= 11 is 0. The van der Waals surface area contributed by atoms with E-state index in [-0.39, 0.29) is 29.1 Å². The number of nitrogens with zero attached hydrogens (tertiary/aromatic N) is 5. The van der Waals surface area contributed by atoms with E-state index in [2.05, 4.69) is 31.8 Å². The second-order valence-electron chi connectivity index (χ2n) is 9.04. The maximum atomic E-state index is 13.0. The fourth-order valence-electron chi connectivity index (χ4n) is 3.65. The predicted molar refractivity (Wildman–Crippen MR) is 126 cm³/mol. The quantitative estimate of drug-likeness (QED) is 0.482. The van der Waals surface area contributed by atoms with Gasteiger partial charge in [-0.1, -0.05) is 45.0 Å². The Labute approximate surface area is 190 Å². The number of hydrogen-bond acceptors (Lipinski definition) is 5. The highest BCUT2D eigenvalue weighted by Gasteiger charge is 2.21. The number of fused-ring (bicyclic) bond motifs is 1. The largest absolute Gasteiger partial charge is 0.425 e. The van der Waals surface area contributed by atoms with Crippen LogP contribution < -0.4 is 16.0 Å². The maximum absolute atomic E-state index is 13.0. The van der Waals surface area contributed by atoms with Crippen molar-refractivity contribution in [3.63, 3.8) is 0 Å². The van der Waals surface area contributed by atoms with E-state index in [9.17, 15) is 9.59 Å². The molecule has 0 atom stereocenters. The first-order valence-corrected chi connectivity index (χ1v) is 10.5. The molecule has 8 nitrogen and oxygen atoms in total. The van der Waals surface area contributed by atoms with Crippen molar-refractivity contribution in [2.75, 3.05) is 0 Å². The third kappa shape index (κ3) is 4.05. The average Bonchev–Trinajstić information content (AvgIpc) is 3.14. The van der Waals surface area contributed by atoms with Gasteiger partial charge in [-0.15, -0.1) is 0 Å². The predicted octanol–water partition coefficient (Wildman–Crippen LogP) is 3.44. The first-order chi connectivity index (χ1) is 15.6. The van der Waals surface area contributed by atoms with E-state index in [1.54, 1.807) is 23.7 Å². The number of ether oxygens (including phenoxy) is 1. The van der Waals surface area contributed by atoms with E-state index in [0.717, 1.165) is 15.7 Å². The van der Waals surface area contributed by atoms with Crippen LogP contribution in [0.1, 0.15) is 37.5 Å². The monoisotopic (exact) mass is 443 g/mol. The summed E-state index contributed by atoms with van der Waals surface area (Å²) in [6.45, 7) is 6.69. The maximum Gasteiger partial charge on any atom is 0.332 e. The molecule has 0 aliphatic carbocycles. The molecule has 33 heavy (non-hydrogen) atoms. The van der Waals surface area contributed by atoms with Gasteiger partial charge in [-0.25, -0.2) is 4.79 Å². The summed E-state index contributed by atoms with van der Waals surface area (Å²) in [6, 6.07) is 17.1. The van der Waals surface area contributed by atoms with Crippen molar-refractivity contribution in [1.82, 2.24) is 18.7 Å². The third-order valence-corrected chi connectivity index (χ3v) is 5.67. The molecule has 0 fully saturated rings. The van der Waals surface area contributed by atoms with E-state index in [0.29, 0.717) is 11.3 Å². The van der Waals surface area contributed by atoms with Gasteiger partial charge in [-0.05, 0) is 40.8 Å². The number of hydrogen-bond donors (Lipinski definition) is 0. The van der Waals surface area contributed by atoms with Crippen molar-refractivity contribution in [3.05, 3.63) is 86.1 Å². The zero-order chi connectivity index (χ0) is 23.9. The molecule has 4 rings (SSSR count). The summed E-state index contributed by atoms with van der Waals surface area (Å²) in [4.78, 5) is 30.0. The van der Waals surface area contributed by atoms with Gasteiger partial charge in [-0.2, -0.15) is 10.2 Å². The van der Waals surface area contributed by atoms with Gasteiger partial charge >= 0.3 is 11.7 Å². The highest BCUT2D eigenvalue weighted by Crippen LogP contribution is 2.28. The number of imidazole rings is 1. The molecule has 2 aromatic heterocycles. The molecule has 0 bridgehead atoms. The number of aryl methyl sites for hydroxylation is 1. The Morgan fingerprint density at radius 3 is 2.18 bits per heavy atom. The molecule has 8 heteroatoms. The topological polar surface area (TPSA) is 94.8 Å². The van der Waals surface area contributed by atoms with Gasteiger partial charge < -0.3 is 4.74 Å². The Hall–Kier alpha value is -4.12. The molecular weight excluding hydrogens is 418 g/mol. The molecule has 0 saturated heterocycles. The zero-order valence-electron chi connectivity index (χ0n) is 19.3. The van der Waals surface area contributed by atoms with Crippen molar-refractivity contribution in [2.45, 2.75) is 32.7 Å². The lowest BCUT2D eigenvalue weighted by Gasteiger charge is -2.19. The van der Waals surface area contributed by atoms with Crippen molar-refractivity contribution in [2.24, 2.45) is 14.1 Å². The van der Waals surface area contributed by atoms with Gasteiger partial charge in [0.1, 0.15) is 5.75 Å². The second-order valence-corrected chi connectivity index (χ2v) is 9.04. The van der Waals surface area contributed by atoms with Gasteiger partial charge in [0, 0.05) is 14.1 Å². The van der Waals surface area contributed by atoms with Gasteiger partial charge in [0.05, 0.1) is 18.2 Å². The first kappa shape index (κ1) is 22.1. The van der Waals surface area contributed by atoms with Crippen LogP contribution in [0.15, 0.2) is 58.1 Å². The smallest absolute Gasteiger partial charge is 0.332 e. The summed E-state index contributed by atoms with van der Waals surface area (Å²) in [5.74, 6) is 0.571. The van der Waals surface area contributed by atoms with Crippen LogP contribution in [0.25, 0.3) is 11.2 Å². The summed E-state index contributed by atoms with van der Waals surface area (Å²) in [7, 11) is 3.01. The molecule has 168 valence electrons. The Morgan fingerprint density at radius 2 is 1.61 bits per heavy atom. The van der Waals surface area contributed by atoms with Crippen molar-refractivity contribution in [3.8, 4) is 17.8 Å². The van der Waals surface area contributed by atoms with Crippen LogP contribution in [-0.2, 0) is 26.1 Å². The minimum atomic E-state index is -0.461. The molecule has 2 heterocycles. The highest BCUT2D eigenvalue weighted by atomic mass is 16.5. The lowest BCUT2D eigenvalue weighted by molar-refractivity contribution is 0.420. The van der Waals surface area contributed by atoms with Gasteiger partial charge in [0.25, 0.3) is 5.56 Å². The summed E-state index contributed by atoms with van der Waals surface area (Å²) in [5, 5.41) is 9.07. The Bertz CT molecular complexity index is 1490. The Morgan fingerprint density at radius 1 is 0.970 bits per heavy atom. The lowest BCUT2D eigenvalue weighted by atomic mass is 9.87. The van der Waals surface area contributed by atoms with Crippen LogP contribution in [0, 0.1) is 11.3 Å². The second kappa shape index (κ2) is 8.10. The summed E-state index contributed by atoms with van der Waals surface area (Å²) in [6.07, 6.45) is 0. The van der Waals surface area contributed by atoms with Gasteiger partial charge in [0.15, 0.2) is 11.2 Å². The fourth-order valence-corrected chi connectivity index (χ4v) is 3.65. The van der Waals surface area contributed by atoms with Crippen LogP contribution in [0.5, 0.6) is 11.8 Å². The summed E-state index contributed by atoms with van der Waals surface area (Å²) in [5.41, 5.74) is 2.18. The van der Waals surface area contributed by atoms with Crippen LogP contribution >= 0.6 is 0 Å². The normalized spacial score (nSPS) is 11.5. The minimum absolute atomic E-state index is 0.00571.